The molecule has 0 unspecified atom stereocenters. The lowest BCUT2D eigenvalue weighted by molar-refractivity contribution is 0.102. The zero-order valence-electron chi connectivity index (χ0n) is 16.7. The molecule has 3 aromatic carbocycles. The van der Waals surface area contributed by atoms with Crippen LogP contribution in [0.4, 0.5) is 11.4 Å². The summed E-state index contributed by atoms with van der Waals surface area (Å²) in [7, 11) is -2.62. The maximum atomic E-state index is 12.9. The molecule has 6 nitrogen and oxygen atoms in total. The lowest BCUT2D eigenvalue weighted by Gasteiger charge is -2.14. The van der Waals surface area contributed by atoms with Crippen LogP contribution in [-0.2, 0) is 10.0 Å². The van der Waals surface area contributed by atoms with Crippen LogP contribution < -0.4 is 14.8 Å². The van der Waals surface area contributed by atoms with Crippen molar-refractivity contribution >= 4 is 38.9 Å². The number of anilines is 2. The van der Waals surface area contributed by atoms with Gasteiger partial charge in [-0.2, -0.15) is 0 Å². The van der Waals surface area contributed by atoms with Gasteiger partial charge in [0.1, 0.15) is 10.6 Å². The molecule has 0 aliphatic carbocycles. The fourth-order valence-corrected chi connectivity index (χ4v) is 4.52. The number of ether oxygens (including phenoxy) is 1. The van der Waals surface area contributed by atoms with Crippen molar-refractivity contribution in [2.24, 2.45) is 0 Å². The van der Waals surface area contributed by atoms with Gasteiger partial charge in [0.25, 0.3) is 15.9 Å². The molecule has 0 aliphatic rings. The number of sulfonamides is 1. The zero-order valence-corrected chi connectivity index (χ0v) is 18.3. The van der Waals surface area contributed by atoms with E-state index >= 15 is 0 Å². The molecule has 3 aromatic rings. The first-order chi connectivity index (χ1) is 14.2. The summed E-state index contributed by atoms with van der Waals surface area (Å²) < 4.78 is 33.5. The van der Waals surface area contributed by atoms with Gasteiger partial charge < -0.3 is 10.1 Å². The van der Waals surface area contributed by atoms with E-state index in [0.717, 1.165) is 11.1 Å². The van der Waals surface area contributed by atoms with Gasteiger partial charge in [0, 0.05) is 11.3 Å². The van der Waals surface area contributed by atoms with E-state index in [1.165, 1.54) is 25.3 Å². The minimum Gasteiger partial charge on any atom is -0.495 e. The van der Waals surface area contributed by atoms with Crippen LogP contribution in [0, 0.1) is 13.8 Å². The van der Waals surface area contributed by atoms with Crippen LogP contribution >= 0.6 is 11.6 Å². The molecule has 0 radical (unpaired) electrons. The van der Waals surface area contributed by atoms with Gasteiger partial charge in [-0.3, -0.25) is 9.52 Å². The van der Waals surface area contributed by atoms with Gasteiger partial charge in [-0.15, -0.1) is 0 Å². The minimum absolute atomic E-state index is 0.000430. The Balaban J connectivity index is 1.91. The van der Waals surface area contributed by atoms with Gasteiger partial charge >= 0.3 is 0 Å². The van der Waals surface area contributed by atoms with Gasteiger partial charge in [0.15, 0.2) is 0 Å². The average Bonchev–Trinajstić information content (AvgIpc) is 2.70. The minimum atomic E-state index is -4.06. The highest BCUT2D eigenvalue weighted by Gasteiger charge is 2.22. The van der Waals surface area contributed by atoms with Crippen molar-refractivity contribution in [2.45, 2.75) is 18.7 Å². The van der Waals surface area contributed by atoms with Crippen molar-refractivity contribution in [1.29, 1.82) is 0 Å². The topological polar surface area (TPSA) is 84.5 Å². The standard InChI is InChI=1S/C22H21ClN2O4S/c1-14-8-11-18(15(2)12-14)24-22(26)16-9-10-17(23)21(13-16)30(27,28)25-19-6-4-5-7-20(19)29-3/h4-13,25H,1-3H3,(H,24,26). The molecule has 3 rings (SSSR count). The van der Waals surface area contributed by atoms with E-state index in [1.54, 1.807) is 30.3 Å². The maximum absolute atomic E-state index is 12.9. The fraction of sp³-hybridized carbons (Fsp3) is 0.136. The summed E-state index contributed by atoms with van der Waals surface area (Å²) in [5, 5.41) is 2.80. The third kappa shape index (κ3) is 4.75. The highest BCUT2D eigenvalue weighted by Crippen LogP contribution is 2.29. The highest BCUT2D eigenvalue weighted by atomic mass is 35.5. The first-order valence-corrected chi connectivity index (χ1v) is 10.9. The molecular weight excluding hydrogens is 424 g/mol. The van der Waals surface area contributed by atoms with Crippen LogP contribution in [-0.4, -0.2) is 21.4 Å². The number of hydrogen-bond acceptors (Lipinski definition) is 4. The van der Waals surface area contributed by atoms with E-state index in [2.05, 4.69) is 10.0 Å². The number of rotatable bonds is 6. The Morgan fingerprint density at radius 1 is 0.967 bits per heavy atom. The summed E-state index contributed by atoms with van der Waals surface area (Å²) in [6, 6.07) is 16.4. The SMILES string of the molecule is COc1ccccc1NS(=O)(=O)c1cc(C(=O)Nc2ccc(C)cc2C)ccc1Cl. The Labute approximate surface area is 180 Å². The van der Waals surface area contributed by atoms with Crippen molar-refractivity contribution < 1.29 is 17.9 Å². The maximum Gasteiger partial charge on any atom is 0.263 e. The molecule has 0 spiro atoms. The summed E-state index contributed by atoms with van der Waals surface area (Å²) in [4.78, 5) is 12.5. The molecule has 0 saturated heterocycles. The number of benzene rings is 3. The molecule has 2 N–H and O–H groups in total. The summed E-state index contributed by atoms with van der Waals surface area (Å²) in [6.07, 6.45) is 0. The van der Waals surface area contributed by atoms with Gasteiger partial charge in [0.2, 0.25) is 0 Å². The second-order valence-electron chi connectivity index (χ2n) is 6.72. The van der Waals surface area contributed by atoms with Crippen molar-refractivity contribution in [2.75, 3.05) is 17.1 Å². The normalized spacial score (nSPS) is 11.1. The Morgan fingerprint density at radius 3 is 2.40 bits per heavy atom. The first kappa shape index (κ1) is 21.7. The molecule has 0 bridgehead atoms. The van der Waals surface area contributed by atoms with Crippen molar-refractivity contribution in [3.63, 3.8) is 0 Å². The molecule has 0 saturated carbocycles. The molecule has 156 valence electrons. The largest absolute Gasteiger partial charge is 0.495 e. The predicted octanol–water partition coefficient (Wildman–Crippen LogP) is 5.02. The summed E-state index contributed by atoms with van der Waals surface area (Å²) in [5.41, 5.74) is 3.06. The van der Waals surface area contributed by atoms with Gasteiger partial charge in [-0.25, -0.2) is 8.42 Å². The quantitative estimate of drug-likeness (QED) is 0.559. The number of nitrogens with one attached hydrogen (secondary N) is 2. The van der Waals surface area contributed by atoms with Crippen molar-refractivity contribution in [3.05, 3.63) is 82.4 Å². The molecule has 0 atom stereocenters. The second kappa shape index (κ2) is 8.77. The average molecular weight is 445 g/mol. The van der Waals surface area contributed by atoms with E-state index < -0.39 is 15.9 Å². The first-order valence-electron chi connectivity index (χ1n) is 9.05. The second-order valence-corrected chi connectivity index (χ2v) is 8.78. The highest BCUT2D eigenvalue weighted by molar-refractivity contribution is 7.92. The van der Waals surface area contributed by atoms with Crippen molar-refractivity contribution in [3.8, 4) is 5.75 Å². The monoisotopic (exact) mass is 444 g/mol. The van der Waals surface area contributed by atoms with Gasteiger partial charge in [-0.1, -0.05) is 41.4 Å². The van der Waals surface area contributed by atoms with E-state index in [4.69, 9.17) is 16.3 Å². The van der Waals surface area contributed by atoms with Crippen molar-refractivity contribution in [1.82, 2.24) is 0 Å². The number of aryl methyl sites for hydroxylation is 2. The summed E-state index contributed by atoms with van der Waals surface area (Å²) >= 11 is 6.15. The lowest BCUT2D eigenvalue weighted by atomic mass is 10.1. The molecular formula is C22H21ClN2O4S. The fourth-order valence-electron chi connectivity index (χ4n) is 2.93. The Bertz CT molecular complexity index is 1210. The van der Waals surface area contributed by atoms with Crippen LogP contribution in [0.2, 0.25) is 5.02 Å². The van der Waals surface area contributed by atoms with Gasteiger partial charge in [-0.05, 0) is 55.8 Å². The van der Waals surface area contributed by atoms with E-state index in [9.17, 15) is 13.2 Å². The van der Waals surface area contributed by atoms with E-state index in [1.807, 2.05) is 26.0 Å². The molecule has 0 aromatic heterocycles. The molecule has 0 aliphatic heterocycles. The molecule has 0 fully saturated rings. The number of halogens is 1. The third-order valence-corrected chi connectivity index (χ3v) is 6.31. The Hall–Kier alpha value is -3.03. The number of carbonyl (C=O) groups is 1. The number of amides is 1. The predicted molar refractivity (Wildman–Crippen MR) is 119 cm³/mol. The van der Waals surface area contributed by atoms with Crippen LogP contribution in [0.25, 0.3) is 0 Å². The molecule has 30 heavy (non-hydrogen) atoms. The molecule has 0 heterocycles. The summed E-state index contributed by atoms with van der Waals surface area (Å²) in [6.45, 7) is 3.85. The van der Waals surface area contributed by atoms with Gasteiger partial charge in [0.05, 0.1) is 17.8 Å². The van der Waals surface area contributed by atoms with E-state index in [-0.39, 0.29) is 21.2 Å². The van der Waals surface area contributed by atoms with Crippen LogP contribution in [0.15, 0.2) is 65.6 Å². The number of carbonyl (C=O) groups excluding carboxylic acids is 1. The van der Waals surface area contributed by atoms with Crippen LogP contribution in [0.3, 0.4) is 0 Å². The lowest BCUT2D eigenvalue weighted by Crippen LogP contribution is -2.17. The Morgan fingerprint density at radius 2 is 1.70 bits per heavy atom. The summed E-state index contributed by atoms with van der Waals surface area (Å²) in [5.74, 6) is -0.0756. The molecule has 1 amide bonds. The smallest absolute Gasteiger partial charge is 0.263 e. The third-order valence-electron chi connectivity index (χ3n) is 4.46. The van der Waals surface area contributed by atoms with E-state index in [0.29, 0.717) is 11.4 Å². The Kier molecular flexibility index (Phi) is 6.34. The zero-order chi connectivity index (χ0) is 21.9. The number of para-hydroxylation sites is 2. The van der Waals surface area contributed by atoms with Crippen LogP contribution in [0.1, 0.15) is 21.5 Å². The molecule has 8 heteroatoms. The van der Waals surface area contributed by atoms with Crippen LogP contribution in [0.5, 0.6) is 5.75 Å². The number of methoxy groups -OCH3 is 1. The number of hydrogen-bond donors (Lipinski definition) is 2.